The van der Waals surface area contributed by atoms with E-state index in [1.54, 1.807) is 72.8 Å². The molecule has 0 aliphatic carbocycles. The van der Waals surface area contributed by atoms with Gasteiger partial charge in [0.1, 0.15) is 0 Å². The Hall–Kier alpha value is -2.96. The number of nitrogens with zero attached hydrogens (tertiary/aromatic N) is 2. The van der Waals surface area contributed by atoms with Crippen LogP contribution in [-0.2, 0) is 0 Å². The number of hydrogen-bond donors (Lipinski definition) is 0. The number of halogens is 8. The van der Waals surface area contributed by atoms with Gasteiger partial charge in [0.25, 0.3) is 23.6 Å². The van der Waals surface area contributed by atoms with Gasteiger partial charge >= 0.3 is 0 Å². The molecule has 0 unspecified atom stereocenters. The molecule has 8 nitrogen and oxygen atoms in total. The number of allylic oxidation sites excluding steroid dienone is 2. The fourth-order valence-electron chi connectivity index (χ4n) is 6.02. The largest absolute Gasteiger partial charge is 0.289 e. The van der Waals surface area contributed by atoms with E-state index in [1.165, 1.54) is 24.3 Å². The summed E-state index contributed by atoms with van der Waals surface area (Å²) < 4.78 is 4.05. The first-order chi connectivity index (χ1) is 26.6. The standard InChI is InChI=1S/C40H16Br8N2O6/c41-29-25-26(30(42)34(46)33(29)45)38(54)49(37(25)53)21-5-1-3-19(15-21)23(51)13-11-17-7-9-18(10-8-17)12-14-24(52)20-4-2-6-22(16-20)50-39(55)27-28(40(50)56)32(44)36(48)35(47)31(27)43/h1-16H/b13-11+,14-12+. The zero-order valence-electron chi connectivity index (χ0n) is 27.6. The predicted molar refractivity (Wildman–Crippen MR) is 243 cm³/mol. The highest BCUT2D eigenvalue weighted by atomic mass is 79.9. The zero-order chi connectivity index (χ0) is 40.3. The maximum atomic E-state index is 13.4. The highest BCUT2D eigenvalue weighted by Gasteiger charge is 2.43. The summed E-state index contributed by atoms with van der Waals surface area (Å²) in [5.41, 5.74) is 3.32. The molecule has 0 bridgehead atoms. The Kier molecular flexibility index (Phi) is 12.0. The topological polar surface area (TPSA) is 109 Å². The minimum Gasteiger partial charge on any atom is -0.289 e. The SMILES string of the molecule is O=C(/C=C/c1ccc(/C=C/C(=O)c2cccc(N3C(=O)c4c(Br)c(Br)c(Br)c(Br)c4C3=O)c2)cc1)c1cccc(N2C(=O)c3c(Br)c(Br)c(Br)c(Br)c3C2=O)c1. The highest BCUT2D eigenvalue weighted by Crippen LogP contribution is 2.47. The van der Waals surface area contributed by atoms with E-state index in [0.29, 0.717) is 35.8 Å². The molecular formula is C40H16Br8N2O6. The van der Waals surface area contributed by atoms with E-state index in [4.69, 9.17) is 0 Å². The Morgan fingerprint density at radius 1 is 0.411 bits per heavy atom. The molecule has 56 heavy (non-hydrogen) atoms. The molecule has 7 rings (SSSR count). The number of carbonyl (C=O) groups is 6. The number of hydrogen-bond acceptors (Lipinski definition) is 6. The van der Waals surface area contributed by atoms with Crippen molar-refractivity contribution in [1.82, 2.24) is 0 Å². The third-order valence-corrected chi connectivity index (χ3v) is 18.3. The Morgan fingerprint density at radius 3 is 0.982 bits per heavy atom. The smallest absolute Gasteiger partial charge is 0.267 e. The third kappa shape index (κ3) is 7.22. The summed E-state index contributed by atoms with van der Waals surface area (Å²) in [6.07, 6.45) is 6.07. The molecule has 4 amide bonds. The summed E-state index contributed by atoms with van der Waals surface area (Å²) in [4.78, 5) is 82.3. The zero-order valence-corrected chi connectivity index (χ0v) is 40.3. The predicted octanol–water partition coefficient (Wildman–Crippen LogP) is 13.2. The van der Waals surface area contributed by atoms with Gasteiger partial charge in [-0.15, -0.1) is 0 Å². The van der Waals surface area contributed by atoms with Gasteiger partial charge in [-0.1, -0.05) is 60.7 Å². The van der Waals surface area contributed by atoms with E-state index in [9.17, 15) is 28.8 Å². The highest BCUT2D eigenvalue weighted by molar-refractivity contribution is 9.15. The molecule has 278 valence electrons. The van der Waals surface area contributed by atoms with Crippen molar-refractivity contribution in [3.63, 3.8) is 0 Å². The fraction of sp³-hybridized carbons (Fsp3) is 0. The van der Waals surface area contributed by atoms with Crippen LogP contribution >= 0.6 is 127 Å². The molecule has 5 aromatic carbocycles. The maximum absolute atomic E-state index is 13.4. The number of benzene rings is 5. The van der Waals surface area contributed by atoms with Gasteiger partial charge < -0.3 is 0 Å². The van der Waals surface area contributed by atoms with Gasteiger partial charge in [0.2, 0.25) is 0 Å². The van der Waals surface area contributed by atoms with Gasteiger partial charge in [-0.2, -0.15) is 0 Å². The molecule has 0 aromatic heterocycles. The van der Waals surface area contributed by atoms with E-state index in [1.807, 2.05) is 0 Å². The van der Waals surface area contributed by atoms with Crippen molar-refractivity contribution in [2.24, 2.45) is 0 Å². The monoisotopic (exact) mass is 1250 g/mol. The number of ketones is 2. The molecular weight excluding hydrogens is 1240 g/mol. The summed E-state index contributed by atoms with van der Waals surface area (Å²) in [5.74, 6) is -2.78. The van der Waals surface area contributed by atoms with E-state index in [0.717, 1.165) is 20.9 Å². The lowest BCUT2D eigenvalue weighted by Gasteiger charge is -2.14. The first-order valence-corrected chi connectivity index (χ1v) is 22.2. The summed E-state index contributed by atoms with van der Waals surface area (Å²) in [7, 11) is 0. The van der Waals surface area contributed by atoms with E-state index >= 15 is 0 Å². The number of amides is 4. The van der Waals surface area contributed by atoms with Gasteiger partial charge in [-0.05, 0) is 175 Å². The van der Waals surface area contributed by atoms with Crippen LogP contribution in [0.25, 0.3) is 12.2 Å². The molecule has 2 aliphatic heterocycles. The number of fused-ring (bicyclic) bond motifs is 2. The molecule has 0 radical (unpaired) electrons. The number of carbonyl (C=O) groups excluding carboxylic acids is 6. The minimum atomic E-state index is -0.527. The van der Waals surface area contributed by atoms with E-state index in [-0.39, 0.29) is 56.3 Å². The molecule has 2 heterocycles. The Balaban J connectivity index is 1.02. The van der Waals surface area contributed by atoms with Gasteiger partial charge in [0, 0.05) is 46.9 Å². The van der Waals surface area contributed by atoms with Crippen LogP contribution in [0.5, 0.6) is 0 Å². The van der Waals surface area contributed by atoms with Crippen LogP contribution in [-0.4, -0.2) is 35.2 Å². The first-order valence-electron chi connectivity index (χ1n) is 15.9. The van der Waals surface area contributed by atoms with Crippen molar-refractivity contribution in [2.45, 2.75) is 0 Å². The average molecular weight is 1260 g/mol. The molecule has 16 heteroatoms. The lowest BCUT2D eigenvalue weighted by molar-refractivity contribution is 0.0909. The van der Waals surface area contributed by atoms with Gasteiger partial charge in [-0.3, -0.25) is 28.8 Å². The third-order valence-electron chi connectivity index (χ3n) is 8.77. The lowest BCUT2D eigenvalue weighted by atomic mass is 10.1. The van der Waals surface area contributed by atoms with Crippen molar-refractivity contribution >= 4 is 186 Å². The molecule has 5 aromatic rings. The number of anilines is 2. The van der Waals surface area contributed by atoms with Crippen LogP contribution in [0, 0.1) is 0 Å². The molecule has 2 aliphatic rings. The van der Waals surface area contributed by atoms with Crippen LogP contribution < -0.4 is 9.80 Å². The maximum Gasteiger partial charge on any atom is 0.267 e. The summed E-state index contributed by atoms with van der Waals surface area (Å²) in [6, 6.07) is 19.7. The molecule has 0 saturated carbocycles. The Labute approximate surface area is 385 Å². The summed E-state index contributed by atoms with van der Waals surface area (Å²) in [5, 5.41) is 0. The number of imide groups is 2. The molecule has 0 fully saturated rings. The second kappa shape index (κ2) is 16.4. The second-order valence-corrected chi connectivity index (χ2v) is 18.4. The average Bonchev–Trinajstić information content (AvgIpc) is 3.63. The first kappa shape index (κ1) is 41.2. The van der Waals surface area contributed by atoms with Gasteiger partial charge in [0.15, 0.2) is 11.6 Å². The van der Waals surface area contributed by atoms with Gasteiger partial charge in [0.05, 0.1) is 33.6 Å². The van der Waals surface area contributed by atoms with Crippen molar-refractivity contribution in [1.29, 1.82) is 0 Å². The second-order valence-electron chi connectivity index (χ2n) is 12.1. The quantitative estimate of drug-likeness (QED) is 0.0503. The Bertz CT molecular complexity index is 2430. The van der Waals surface area contributed by atoms with Crippen LogP contribution in [0.3, 0.4) is 0 Å². The summed E-state index contributed by atoms with van der Waals surface area (Å²) >= 11 is 27.4. The van der Waals surface area contributed by atoms with Crippen molar-refractivity contribution < 1.29 is 28.8 Å². The number of rotatable bonds is 8. The summed E-state index contributed by atoms with van der Waals surface area (Å²) in [6.45, 7) is 0. The van der Waals surface area contributed by atoms with E-state index < -0.39 is 23.6 Å². The van der Waals surface area contributed by atoms with Crippen LogP contribution in [0.15, 0.2) is 121 Å². The van der Waals surface area contributed by atoms with Crippen molar-refractivity contribution in [3.05, 3.63) is 165 Å². The molecule has 0 saturated heterocycles. The van der Waals surface area contributed by atoms with Crippen LogP contribution in [0.1, 0.15) is 73.3 Å². The van der Waals surface area contributed by atoms with Gasteiger partial charge in [-0.25, -0.2) is 9.80 Å². The van der Waals surface area contributed by atoms with Crippen LogP contribution in [0.2, 0.25) is 0 Å². The fourth-order valence-corrected chi connectivity index (χ4v) is 10.9. The van der Waals surface area contributed by atoms with Crippen molar-refractivity contribution in [2.75, 3.05) is 9.80 Å². The molecule has 0 atom stereocenters. The molecule has 0 N–H and O–H groups in total. The normalized spacial score (nSPS) is 13.8. The van der Waals surface area contributed by atoms with E-state index in [2.05, 4.69) is 127 Å². The van der Waals surface area contributed by atoms with Crippen LogP contribution in [0.4, 0.5) is 11.4 Å². The molecule has 0 spiro atoms. The Morgan fingerprint density at radius 2 is 0.696 bits per heavy atom. The van der Waals surface area contributed by atoms with Crippen molar-refractivity contribution in [3.8, 4) is 0 Å². The lowest BCUT2D eigenvalue weighted by Crippen LogP contribution is -2.29. The minimum absolute atomic E-state index is 0.204.